The second kappa shape index (κ2) is 5.63. The van der Waals surface area contributed by atoms with Gasteiger partial charge in [0.2, 0.25) is 0 Å². The van der Waals surface area contributed by atoms with Gasteiger partial charge in [0.1, 0.15) is 0 Å². The van der Waals surface area contributed by atoms with Gasteiger partial charge in [-0.05, 0) is 32.8 Å². The summed E-state index contributed by atoms with van der Waals surface area (Å²) < 4.78 is 5.37. The van der Waals surface area contributed by atoms with Gasteiger partial charge >= 0.3 is 0 Å². The summed E-state index contributed by atoms with van der Waals surface area (Å²) in [7, 11) is 1.69. The maximum atomic E-state index is 10.4. The number of rotatable bonds is 5. The van der Waals surface area contributed by atoms with Crippen molar-refractivity contribution in [2.24, 2.45) is 0 Å². The molecule has 0 saturated heterocycles. The maximum Gasteiger partial charge on any atom is 0.0944 e. The second-order valence-corrected chi connectivity index (χ2v) is 5.29. The molecule has 1 aromatic carbocycles. The molecule has 4 heteroatoms. The van der Waals surface area contributed by atoms with Gasteiger partial charge in [0.15, 0.2) is 0 Å². The molecular formula is C15H20N2O2. The Hall–Kier alpha value is -1.52. The zero-order chi connectivity index (χ0) is 13.9. The van der Waals surface area contributed by atoms with Gasteiger partial charge in [-0.25, -0.2) is 0 Å². The van der Waals surface area contributed by atoms with Crippen LogP contribution in [0.2, 0.25) is 0 Å². The van der Waals surface area contributed by atoms with Crippen molar-refractivity contribution in [2.75, 3.05) is 7.11 Å². The van der Waals surface area contributed by atoms with E-state index in [0.717, 1.165) is 23.0 Å². The van der Waals surface area contributed by atoms with Gasteiger partial charge in [0.25, 0.3) is 0 Å². The monoisotopic (exact) mass is 260 g/mol. The number of hydrogen-bond donors (Lipinski definition) is 1. The van der Waals surface area contributed by atoms with Crippen molar-refractivity contribution in [2.45, 2.75) is 38.4 Å². The van der Waals surface area contributed by atoms with Crippen molar-refractivity contribution in [3.8, 4) is 0 Å². The first-order valence-electron chi connectivity index (χ1n) is 6.46. The lowest BCUT2D eigenvalue weighted by molar-refractivity contribution is 0.00289. The Morgan fingerprint density at radius 2 is 2.00 bits per heavy atom. The van der Waals surface area contributed by atoms with Crippen molar-refractivity contribution in [3.05, 3.63) is 36.2 Å². The largest absolute Gasteiger partial charge is 0.388 e. The Bertz CT molecular complexity index is 549. The quantitative estimate of drug-likeness (QED) is 0.898. The lowest BCUT2D eigenvalue weighted by Gasteiger charge is -2.24. The molecular weight excluding hydrogens is 240 g/mol. The van der Waals surface area contributed by atoms with E-state index in [1.54, 1.807) is 19.5 Å². The van der Waals surface area contributed by atoms with Gasteiger partial charge in [-0.2, -0.15) is 0 Å². The van der Waals surface area contributed by atoms with E-state index in [0.29, 0.717) is 6.42 Å². The number of aliphatic hydroxyl groups is 1. The predicted molar refractivity (Wildman–Crippen MR) is 74.8 cm³/mol. The van der Waals surface area contributed by atoms with Crippen LogP contribution < -0.4 is 0 Å². The molecule has 0 aliphatic heterocycles. The van der Waals surface area contributed by atoms with Crippen LogP contribution in [0.5, 0.6) is 0 Å². The molecule has 2 rings (SSSR count). The first kappa shape index (κ1) is 13.9. The third-order valence-corrected chi connectivity index (χ3v) is 3.46. The lowest BCUT2D eigenvalue weighted by atomic mass is 9.96. The summed E-state index contributed by atoms with van der Waals surface area (Å²) in [6.45, 7) is 4.03. The minimum Gasteiger partial charge on any atom is -0.388 e. The van der Waals surface area contributed by atoms with Crippen molar-refractivity contribution >= 4 is 11.0 Å². The highest BCUT2D eigenvalue weighted by molar-refractivity contribution is 5.77. The topological polar surface area (TPSA) is 55.2 Å². The highest BCUT2D eigenvalue weighted by atomic mass is 16.5. The molecule has 19 heavy (non-hydrogen) atoms. The van der Waals surface area contributed by atoms with Crippen LogP contribution in [0.4, 0.5) is 0 Å². The van der Waals surface area contributed by atoms with E-state index >= 15 is 0 Å². The van der Waals surface area contributed by atoms with Crippen molar-refractivity contribution in [1.29, 1.82) is 0 Å². The lowest BCUT2D eigenvalue weighted by Crippen LogP contribution is -2.23. The van der Waals surface area contributed by atoms with Gasteiger partial charge < -0.3 is 9.84 Å². The van der Waals surface area contributed by atoms with Gasteiger partial charge in [-0.1, -0.05) is 12.1 Å². The molecule has 1 N–H and O–H groups in total. The number of benzene rings is 1. The highest BCUT2D eigenvalue weighted by Crippen LogP contribution is 2.27. The Morgan fingerprint density at radius 3 is 2.74 bits per heavy atom. The Kier molecular flexibility index (Phi) is 4.12. The minimum atomic E-state index is -0.546. The van der Waals surface area contributed by atoms with Gasteiger partial charge in [-0.3, -0.25) is 9.97 Å². The molecule has 1 unspecified atom stereocenters. The van der Waals surface area contributed by atoms with Crippen molar-refractivity contribution < 1.29 is 9.84 Å². The number of ether oxygens (including phenoxy) is 1. The van der Waals surface area contributed by atoms with Gasteiger partial charge in [0, 0.05) is 25.1 Å². The molecule has 0 amide bonds. The first-order valence-corrected chi connectivity index (χ1v) is 6.46. The average molecular weight is 260 g/mol. The van der Waals surface area contributed by atoms with E-state index in [1.165, 1.54) is 0 Å². The Morgan fingerprint density at radius 1 is 1.26 bits per heavy atom. The minimum absolute atomic E-state index is 0.225. The number of nitrogens with zero attached hydrogens (tertiary/aromatic N) is 2. The zero-order valence-electron chi connectivity index (χ0n) is 11.6. The van der Waals surface area contributed by atoms with Crippen molar-refractivity contribution in [1.82, 2.24) is 9.97 Å². The summed E-state index contributed by atoms with van der Waals surface area (Å²) in [5, 5.41) is 10.4. The van der Waals surface area contributed by atoms with Gasteiger partial charge in [0.05, 0.1) is 22.7 Å². The molecule has 0 radical (unpaired) electrons. The number of hydrogen-bond acceptors (Lipinski definition) is 4. The molecule has 0 spiro atoms. The van der Waals surface area contributed by atoms with Crippen LogP contribution in [0.3, 0.4) is 0 Å². The van der Waals surface area contributed by atoms with Crippen LogP contribution in [0.1, 0.15) is 38.4 Å². The molecule has 4 nitrogen and oxygen atoms in total. The van der Waals surface area contributed by atoms with E-state index < -0.39 is 6.10 Å². The Balaban J connectivity index is 2.20. The summed E-state index contributed by atoms with van der Waals surface area (Å²) in [6.07, 6.45) is 4.18. The predicted octanol–water partition coefficient (Wildman–Crippen LogP) is 2.87. The van der Waals surface area contributed by atoms with E-state index in [4.69, 9.17) is 4.74 Å². The van der Waals surface area contributed by atoms with E-state index in [2.05, 4.69) is 9.97 Å². The molecule has 0 saturated carbocycles. The molecule has 102 valence electrons. The molecule has 0 aliphatic carbocycles. The number of fused-ring (bicyclic) bond motifs is 1. The fraction of sp³-hybridized carbons (Fsp3) is 0.467. The summed E-state index contributed by atoms with van der Waals surface area (Å²) in [4.78, 5) is 8.56. The van der Waals surface area contributed by atoms with Crippen LogP contribution in [-0.4, -0.2) is 27.8 Å². The number of aromatic nitrogens is 2. The normalized spacial score (nSPS) is 13.7. The van der Waals surface area contributed by atoms with Crippen molar-refractivity contribution in [3.63, 3.8) is 0 Å². The standard InChI is InChI=1S/C15H20N2O2/c1-15(2,19-3)8-7-13(18)11-5-4-6-12-14(11)17-10-9-16-12/h4-6,9-10,13,18H,7-8H2,1-3H3. The molecule has 0 bridgehead atoms. The first-order chi connectivity index (χ1) is 9.03. The van der Waals surface area contributed by atoms with Gasteiger partial charge in [-0.15, -0.1) is 0 Å². The number of aliphatic hydroxyl groups excluding tert-OH is 1. The number of para-hydroxylation sites is 1. The third-order valence-electron chi connectivity index (χ3n) is 3.46. The number of methoxy groups -OCH3 is 1. The second-order valence-electron chi connectivity index (χ2n) is 5.29. The average Bonchev–Trinajstić information content (AvgIpc) is 2.44. The van der Waals surface area contributed by atoms with E-state index in [9.17, 15) is 5.11 Å². The zero-order valence-corrected chi connectivity index (χ0v) is 11.6. The summed E-state index contributed by atoms with van der Waals surface area (Å²) in [6, 6.07) is 5.70. The summed E-state index contributed by atoms with van der Waals surface area (Å²) in [5.74, 6) is 0. The van der Waals surface area contributed by atoms with E-state index in [-0.39, 0.29) is 5.60 Å². The van der Waals surface area contributed by atoms with Crippen LogP contribution in [-0.2, 0) is 4.74 Å². The highest BCUT2D eigenvalue weighted by Gasteiger charge is 2.20. The third kappa shape index (κ3) is 3.28. The smallest absolute Gasteiger partial charge is 0.0944 e. The molecule has 0 aliphatic rings. The fourth-order valence-electron chi connectivity index (χ4n) is 2.03. The molecule has 2 aromatic rings. The fourth-order valence-corrected chi connectivity index (χ4v) is 2.03. The van der Waals surface area contributed by atoms with Crippen LogP contribution in [0.15, 0.2) is 30.6 Å². The van der Waals surface area contributed by atoms with E-state index in [1.807, 2.05) is 32.0 Å². The SMILES string of the molecule is COC(C)(C)CCC(O)c1cccc2nccnc12. The molecule has 1 aromatic heterocycles. The van der Waals surface area contributed by atoms with Crippen LogP contribution in [0.25, 0.3) is 11.0 Å². The summed E-state index contributed by atoms with van der Waals surface area (Å²) >= 11 is 0. The molecule has 0 fully saturated rings. The van der Waals surface area contributed by atoms with Crippen LogP contribution in [0, 0.1) is 0 Å². The molecule has 1 atom stereocenters. The Labute approximate surface area is 113 Å². The maximum absolute atomic E-state index is 10.4. The summed E-state index contributed by atoms with van der Waals surface area (Å²) in [5.41, 5.74) is 2.19. The molecule has 1 heterocycles. The van der Waals surface area contributed by atoms with Crippen LogP contribution >= 0.6 is 0 Å².